The highest BCUT2D eigenvalue weighted by Gasteiger charge is 2.71. The van der Waals surface area contributed by atoms with Gasteiger partial charge in [0.15, 0.2) is 0 Å². The van der Waals surface area contributed by atoms with Gasteiger partial charge >= 0.3 is 24.0 Å². The molecule has 0 radical (unpaired) electrons. The standard InChI is InChI=1S/C26H42N6O4/c1-27-23(34)29-17-18-30(24(35)28-19-11-5-2-6-12-19)26(29)22(33)31(20-13-7-3-8-14-20)25(36)32(26)21-15-9-4-10-16-21/h19-21H,2-18H2,1H3,(H,27,34)(H,28,35). The first-order chi connectivity index (χ1) is 17.5. The van der Waals surface area contributed by atoms with Gasteiger partial charge in [-0.2, -0.15) is 0 Å². The summed E-state index contributed by atoms with van der Waals surface area (Å²) in [5.41, 5.74) is 0. The van der Waals surface area contributed by atoms with Crippen LogP contribution in [0.5, 0.6) is 0 Å². The van der Waals surface area contributed by atoms with E-state index in [1.807, 2.05) is 0 Å². The van der Waals surface area contributed by atoms with Gasteiger partial charge in [0.05, 0.1) is 0 Å². The molecule has 0 aromatic rings. The van der Waals surface area contributed by atoms with Crippen LogP contribution in [0.15, 0.2) is 0 Å². The van der Waals surface area contributed by atoms with Crippen LogP contribution in [-0.4, -0.2) is 87.6 Å². The fourth-order valence-electron chi connectivity index (χ4n) is 7.28. The van der Waals surface area contributed by atoms with Crippen LogP contribution in [0.4, 0.5) is 14.4 Å². The van der Waals surface area contributed by atoms with Crippen molar-refractivity contribution in [3.8, 4) is 0 Å². The maximum Gasteiger partial charge on any atom is 0.331 e. The molecule has 1 unspecified atom stereocenters. The molecule has 3 aliphatic carbocycles. The first-order valence-electron chi connectivity index (χ1n) is 14.2. The van der Waals surface area contributed by atoms with E-state index in [9.17, 15) is 19.2 Å². The molecule has 36 heavy (non-hydrogen) atoms. The number of amides is 7. The molecule has 2 N–H and O–H groups in total. The van der Waals surface area contributed by atoms with E-state index in [1.54, 1.807) is 4.90 Å². The van der Waals surface area contributed by atoms with Crippen molar-refractivity contribution in [2.75, 3.05) is 20.1 Å². The molecule has 5 aliphatic rings. The molecule has 3 saturated carbocycles. The van der Waals surface area contributed by atoms with Gasteiger partial charge in [0.25, 0.3) is 5.79 Å². The molecule has 2 saturated heterocycles. The molecule has 1 spiro atoms. The molecule has 1 atom stereocenters. The number of carbonyl (C=O) groups is 4. The van der Waals surface area contributed by atoms with E-state index in [2.05, 4.69) is 10.6 Å². The summed E-state index contributed by atoms with van der Waals surface area (Å²) in [6.07, 6.45) is 14.3. The molecule has 2 heterocycles. The van der Waals surface area contributed by atoms with E-state index in [-0.39, 0.29) is 43.3 Å². The first-order valence-corrected chi connectivity index (χ1v) is 14.2. The molecule has 5 rings (SSSR count). The molecule has 200 valence electrons. The van der Waals surface area contributed by atoms with Crippen molar-refractivity contribution in [2.24, 2.45) is 0 Å². The average molecular weight is 503 g/mol. The van der Waals surface area contributed by atoms with E-state index in [0.717, 1.165) is 89.9 Å². The smallest absolute Gasteiger partial charge is 0.331 e. The second-order valence-corrected chi connectivity index (χ2v) is 11.2. The van der Waals surface area contributed by atoms with Crippen LogP contribution in [0, 0.1) is 0 Å². The predicted octanol–water partition coefficient (Wildman–Crippen LogP) is 3.57. The minimum atomic E-state index is -1.74. The monoisotopic (exact) mass is 502 g/mol. The van der Waals surface area contributed by atoms with E-state index in [0.29, 0.717) is 0 Å². The molecular formula is C26H42N6O4. The predicted molar refractivity (Wildman–Crippen MR) is 134 cm³/mol. The second-order valence-electron chi connectivity index (χ2n) is 11.2. The third kappa shape index (κ3) is 4.10. The Balaban J connectivity index is 1.57. The SMILES string of the molecule is CNC(=O)N1CCN(C(=O)NC2CCCCC2)C12C(=O)N(C1CCCCC1)C(=O)N2C1CCCCC1. The van der Waals surface area contributed by atoms with Gasteiger partial charge in [0.1, 0.15) is 0 Å². The van der Waals surface area contributed by atoms with Crippen LogP contribution in [-0.2, 0) is 4.79 Å². The van der Waals surface area contributed by atoms with Crippen LogP contribution in [0.2, 0.25) is 0 Å². The number of rotatable bonds is 3. The highest BCUT2D eigenvalue weighted by molar-refractivity contribution is 6.10. The van der Waals surface area contributed by atoms with Crippen molar-refractivity contribution < 1.29 is 19.2 Å². The minimum absolute atomic E-state index is 0.0575. The lowest BCUT2D eigenvalue weighted by Gasteiger charge is -2.47. The molecule has 0 aromatic heterocycles. The van der Waals surface area contributed by atoms with Crippen molar-refractivity contribution in [3.05, 3.63) is 0 Å². The summed E-state index contributed by atoms with van der Waals surface area (Å²) in [6.45, 7) is 0.422. The topological polar surface area (TPSA) is 105 Å². The lowest BCUT2D eigenvalue weighted by molar-refractivity contribution is -0.152. The first kappa shape index (κ1) is 25.1. The van der Waals surface area contributed by atoms with Crippen LogP contribution in [0.1, 0.15) is 96.3 Å². The Bertz CT molecular complexity index is 864. The van der Waals surface area contributed by atoms with Crippen molar-refractivity contribution in [1.29, 1.82) is 0 Å². The zero-order chi connectivity index (χ0) is 25.3. The summed E-state index contributed by atoms with van der Waals surface area (Å²) in [5.74, 6) is -2.17. The molecule has 0 bridgehead atoms. The molecule has 10 nitrogen and oxygen atoms in total. The average Bonchev–Trinajstić information content (AvgIpc) is 3.41. The quantitative estimate of drug-likeness (QED) is 0.576. The highest BCUT2D eigenvalue weighted by Crippen LogP contribution is 2.45. The summed E-state index contributed by atoms with van der Waals surface area (Å²) in [5, 5.41) is 5.83. The van der Waals surface area contributed by atoms with Crippen molar-refractivity contribution in [2.45, 2.75) is 120 Å². The highest BCUT2D eigenvalue weighted by atomic mass is 16.2. The number of nitrogens with zero attached hydrogens (tertiary/aromatic N) is 4. The minimum Gasteiger partial charge on any atom is -0.341 e. The third-order valence-electron chi connectivity index (χ3n) is 9.07. The van der Waals surface area contributed by atoms with Crippen molar-refractivity contribution in [1.82, 2.24) is 30.2 Å². The summed E-state index contributed by atoms with van der Waals surface area (Å²) < 4.78 is 0. The largest absolute Gasteiger partial charge is 0.341 e. The van der Waals surface area contributed by atoms with Crippen molar-refractivity contribution in [3.63, 3.8) is 0 Å². The summed E-state index contributed by atoms with van der Waals surface area (Å²) in [6, 6.07) is -1.41. The van der Waals surface area contributed by atoms with E-state index in [1.165, 1.54) is 28.2 Å². The third-order valence-corrected chi connectivity index (χ3v) is 9.07. The summed E-state index contributed by atoms with van der Waals surface area (Å²) >= 11 is 0. The molecular weight excluding hydrogens is 460 g/mol. The summed E-state index contributed by atoms with van der Waals surface area (Å²) in [7, 11) is 1.53. The maximum absolute atomic E-state index is 14.6. The van der Waals surface area contributed by atoms with Gasteiger partial charge < -0.3 is 10.6 Å². The van der Waals surface area contributed by atoms with Gasteiger partial charge in [-0.1, -0.05) is 57.8 Å². The fraction of sp³-hybridized carbons (Fsp3) is 0.846. The van der Waals surface area contributed by atoms with Gasteiger partial charge in [-0.05, 0) is 38.5 Å². The fourth-order valence-corrected chi connectivity index (χ4v) is 7.28. The molecule has 2 aliphatic heterocycles. The van der Waals surface area contributed by atoms with Crippen LogP contribution < -0.4 is 10.6 Å². The Hall–Kier alpha value is -2.52. The number of nitrogens with one attached hydrogen (secondary N) is 2. The lowest BCUT2D eigenvalue weighted by atomic mass is 9.93. The Morgan fingerprint density at radius 1 is 0.722 bits per heavy atom. The van der Waals surface area contributed by atoms with Gasteiger partial charge in [-0.15, -0.1) is 0 Å². The number of carbonyl (C=O) groups excluding carboxylic acids is 4. The van der Waals surface area contributed by atoms with Crippen LogP contribution >= 0.6 is 0 Å². The maximum atomic E-state index is 14.6. The second kappa shape index (κ2) is 10.5. The van der Waals surface area contributed by atoms with E-state index in [4.69, 9.17) is 0 Å². The Morgan fingerprint density at radius 3 is 1.78 bits per heavy atom. The van der Waals surface area contributed by atoms with Gasteiger partial charge in [0.2, 0.25) is 0 Å². The zero-order valence-corrected chi connectivity index (χ0v) is 21.7. The number of imide groups is 1. The molecule has 10 heteroatoms. The van der Waals surface area contributed by atoms with Gasteiger partial charge in [0, 0.05) is 38.3 Å². The number of hydrogen-bond acceptors (Lipinski definition) is 4. The van der Waals surface area contributed by atoms with Crippen molar-refractivity contribution >= 4 is 24.0 Å². The summed E-state index contributed by atoms with van der Waals surface area (Å²) in [4.78, 5) is 61.9. The van der Waals surface area contributed by atoms with E-state index < -0.39 is 17.7 Å². The Labute approximate surface area is 214 Å². The lowest BCUT2D eigenvalue weighted by Crippen LogP contribution is -2.72. The number of hydrogen-bond donors (Lipinski definition) is 2. The van der Waals surface area contributed by atoms with E-state index >= 15 is 0 Å². The zero-order valence-electron chi connectivity index (χ0n) is 21.7. The molecule has 0 aromatic carbocycles. The normalized spacial score (nSPS) is 28.9. The Kier molecular flexibility index (Phi) is 7.30. The molecule has 5 fully saturated rings. The number of urea groups is 3. The Morgan fingerprint density at radius 2 is 1.22 bits per heavy atom. The van der Waals surface area contributed by atoms with Gasteiger partial charge in [-0.3, -0.25) is 24.4 Å². The molecule has 7 amide bonds. The van der Waals surface area contributed by atoms with Crippen LogP contribution in [0.3, 0.4) is 0 Å². The van der Waals surface area contributed by atoms with Crippen LogP contribution in [0.25, 0.3) is 0 Å². The van der Waals surface area contributed by atoms with Gasteiger partial charge in [-0.25, -0.2) is 14.4 Å².